The third-order valence-electron chi connectivity index (χ3n) is 2.92. The van der Waals surface area contributed by atoms with Crippen LogP contribution < -0.4 is 0 Å². The Labute approximate surface area is 117 Å². The van der Waals surface area contributed by atoms with Crippen LogP contribution in [0.5, 0.6) is 0 Å². The minimum absolute atomic E-state index is 0.0712. The lowest BCUT2D eigenvalue weighted by Gasteiger charge is -2.23. The molecule has 0 aromatic rings. The predicted octanol–water partition coefficient (Wildman–Crippen LogP) is 0.910. The Kier molecular flexibility index (Phi) is 6.38. The van der Waals surface area contributed by atoms with Crippen LogP contribution in [0.25, 0.3) is 0 Å². The van der Waals surface area contributed by atoms with E-state index in [9.17, 15) is 19.5 Å². The van der Waals surface area contributed by atoms with Crippen LogP contribution in [0, 0.1) is 0 Å². The van der Waals surface area contributed by atoms with Gasteiger partial charge in [0.25, 0.3) is 0 Å². The maximum absolute atomic E-state index is 12.0. The van der Waals surface area contributed by atoms with Crippen molar-refractivity contribution in [2.45, 2.75) is 57.8 Å². The Morgan fingerprint density at radius 2 is 2.15 bits per heavy atom. The second-order valence-electron chi connectivity index (χ2n) is 4.82. The maximum Gasteiger partial charge on any atom is 0.331 e. The Bertz CT molecular complexity index is 400. The smallest absolute Gasteiger partial charge is 0.331 e. The van der Waals surface area contributed by atoms with Gasteiger partial charge in [0.1, 0.15) is 6.10 Å². The maximum atomic E-state index is 12.0. The van der Waals surface area contributed by atoms with Gasteiger partial charge in [-0.3, -0.25) is 9.59 Å². The molecular formula is C14H20O6. The van der Waals surface area contributed by atoms with E-state index >= 15 is 0 Å². The third kappa shape index (κ3) is 5.52. The lowest BCUT2D eigenvalue weighted by atomic mass is 10.00. The normalized spacial score (nSPS) is 29.1. The molecule has 0 aromatic carbocycles. The van der Waals surface area contributed by atoms with Crippen LogP contribution in [0.3, 0.4) is 0 Å². The molecule has 0 bridgehead atoms. The van der Waals surface area contributed by atoms with Crippen molar-refractivity contribution in [3.05, 3.63) is 12.2 Å². The highest BCUT2D eigenvalue weighted by Crippen LogP contribution is 2.16. The fourth-order valence-electron chi connectivity index (χ4n) is 1.94. The fourth-order valence-corrected chi connectivity index (χ4v) is 1.94. The quantitative estimate of drug-likeness (QED) is 0.599. The molecule has 3 atom stereocenters. The van der Waals surface area contributed by atoms with Crippen LogP contribution in [0.1, 0.15) is 39.5 Å². The Morgan fingerprint density at radius 3 is 2.80 bits per heavy atom. The summed E-state index contributed by atoms with van der Waals surface area (Å²) in [6.07, 6.45) is 0.457. The van der Waals surface area contributed by atoms with Crippen molar-refractivity contribution in [3.63, 3.8) is 0 Å². The topological polar surface area (TPSA) is 89.9 Å². The van der Waals surface area contributed by atoms with Crippen molar-refractivity contribution < 1.29 is 29.0 Å². The number of esters is 2. The van der Waals surface area contributed by atoms with Gasteiger partial charge in [-0.15, -0.1) is 0 Å². The Balaban J connectivity index is 2.78. The number of rotatable bonds is 2. The highest BCUT2D eigenvalue weighted by Gasteiger charge is 2.29. The van der Waals surface area contributed by atoms with E-state index in [-0.39, 0.29) is 31.5 Å². The second-order valence-corrected chi connectivity index (χ2v) is 4.82. The summed E-state index contributed by atoms with van der Waals surface area (Å²) >= 11 is 0. The first-order valence-corrected chi connectivity index (χ1v) is 6.66. The van der Waals surface area contributed by atoms with E-state index in [2.05, 4.69) is 0 Å². The van der Waals surface area contributed by atoms with Gasteiger partial charge in [0.05, 0.1) is 6.10 Å². The summed E-state index contributed by atoms with van der Waals surface area (Å²) in [6, 6.07) is 0. The largest absolute Gasteiger partial charge is 0.462 e. The lowest BCUT2D eigenvalue weighted by Crippen LogP contribution is -2.35. The number of aliphatic hydroxyl groups is 1. The summed E-state index contributed by atoms with van der Waals surface area (Å²) in [5.74, 6) is -1.42. The van der Waals surface area contributed by atoms with Gasteiger partial charge in [0.15, 0.2) is 11.9 Å². The van der Waals surface area contributed by atoms with Crippen LogP contribution in [-0.4, -0.2) is 41.1 Å². The second kappa shape index (κ2) is 7.79. The van der Waals surface area contributed by atoms with E-state index in [4.69, 9.17) is 9.47 Å². The van der Waals surface area contributed by atoms with Gasteiger partial charge >= 0.3 is 11.9 Å². The molecule has 0 radical (unpaired) electrons. The molecule has 1 rings (SSSR count). The molecular weight excluding hydrogens is 264 g/mol. The van der Waals surface area contributed by atoms with E-state index in [0.717, 1.165) is 0 Å². The zero-order valence-corrected chi connectivity index (χ0v) is 11.7. The molecule has 6 heteroatoms. The summed E-state index contributed by atoms with van der Waals surface area (Å²) < 4.78 is 10.1. The lowest BCUT2D eigenvalue weighted by molar-refractivity contribution is -0.159. The van der Waals surface area contributed by atoms with Crippen LogP contribution in [-0.2, 0) is 23.9 Å². The highest BCUT2D eigenvalue weighted by molar-refractivity contribution is 5.89. The average Bonchev–Trinajstić information content (AvgIpc) is 2.34. The number of hydrogen-bond acceptors (Lipinski definition) is 6. The summed E-state index contributed by atoms with van der Waals surface area (Å²) in [7, 11) is 0. The van der Waals surface area contributed by atoms with Gasteiger partial charge in [-0.2, -0.15) is 0 Å². The van der Waals surface area contributed by atoms with Gasteiger partial charge in [-0.05, 0) is 20.3 Å². The number of ketones is 1. The van der Waals surface area contributed by atoms with Crippen LogP contribution in [0.15, 0.2) is 12.2 Å². The minimum atomic E-state index is -1.01. The number of Topliss-reactive ketones (excluding diaryl/α,β-unsaturated/α-hetero) is 1. The van der Waals surface area contributed by atoms with Crippen molar-refractivity contribution in [2.24, 2.45) is 0 Å². The Hall–Kier alpha value is -1.69. The number of cyclic esters (lactones) is 1. The van der Waals surface area contributed by atoms with Crippen molar-refractivity contribution in [3.8, 4) is 0 Å². The van der Waals surface area contributed by atoms with Crippen LogP contribution in [0.2, 0.25) is 0 Å². The Morgan fingerprint density at radius 1 is 1.45 bits per heavy atom. The molecule has 0 amide bonds. The number of allylic oxidation sites excluding steroid dienone is 1. The van der Waals surface area contributed by atoms with Crippen LogP contribution >= 0.6 is 0 Å². The standard InChI is InChI=1S/C14H20O6/c1-3-4-13(17)20-12-7-9(2)19-14(18)6-5-10(15)8-11(12)16/h3-4,9-10,12,15H,5-8H2,1-2H3/b4-3+/t9-,10+,12-/m1/s1. The molecule has 0 saturated carbocycles. The third-order valence-corrected chi connectivity index (χ3v) is 2.92. The zero-order chi connectivity index (χ0) is 15.1. The van der Waals surface area contributed by atoms with Gasteiger partial charge in [-0.25, -0.2) is 4.79 Å². The van der Waals surface area contributed by atoms with Crippen molar-refractivity contribution >= 4 is 17.7 Å². The molecule has 0 aromatic heterocycles. The van der Waals surface area contributed by atoms with Gasteiger partial charge in [0, 0.05) is 25.3 Å². The minimum Gasteiger partial charge on any atom is -0.462 e. The first-order valence-electron chi connectivity index (χ1n) is 6.66. The summed E-state index contributed by atoms with van der Waals surface area (Å²) in [6.45, 7) is 3.30. The van der Waals surface area contributed by atoms with Gasteiger partial charge in [0.2, 0.25) is 0 Å². The van der Waals surface area contributed by atoms with Crippen molar-refractivity contribution in [1.82, 2.24) is 0 Å². The summed E-state index contributed by atoms with van der Waals surface area (Å²) in [5, 5.41) is 9.66. The van der Waals surface area contributed by atoms with Crippen molar-refractivity contribution in [2.75, 3.05) is 0 Å². The number of aliphatic hydroxyl groups excluding tert-OH is 1. The summed E-state index contributed by atoms with van der Waals surface area (Å²) in [5.41, 5.74) is 0. The number of carbonyl (C=O) groups excluding carboxylic acids is 3. The van der Waals surface area contributed by atoms with Gasteiger partial charge in [-0.1, -0.05) is 6.08 Å². The molecule has 0 aliphatic carbocycles. The first-order chi connectivity index (χ1) is 9.42. The first kappa shape index (κ1) is 16.4. The molecule has 0 spiro atoms. The van der Waals surface area contributed by atoms with Gasteiger partial charge < -0.3 is 14.6 Å². The van der Waals surface area contributed by atoms with E-state index < -0.39 is 30.3 Å². The number of ether oxygens (including phenoxy) is 2. The molecule has 1 saturated heterocycles. The molecule has 1 aliphatic rings. The molecule has 0 unspecified atom stereocenters. The van der Waals surface area contributed by atoms with E-state index in [1.165, 1.54) is 12.2 Å². The fraction of sp³-hybridized carbons (Fsp3) is 0.643. The van der Waals surface area contributed by atoms with Crippen LogP contribution in [0.4, 0.5) is 0 Å². The molecule has 20 heavy (non-hydrogen) atoms. The molecule has 1 heterocycles. The molecule has 1 fully saturated rings. The molecule has 1 N–H and O–H groups in total. The van der Waals surface area contributed by atoms with E-state index in [1.807, 2.05) is 0 Å². The van der Waals surface area contributed by atoms with Crippen molar-refractivity contribution in [1.29, 1.82) is 0 Å². The van der Waals surface area contributed by atoms with E-state index in [0.29, 0.717) is 0 Å². The zero-order valence-electron chi connectivity index (χ0n) is 11.7. The number of hydrogen-bond donors (Lipinski definition) is 1. The van der Waals surface area contributed by atoms with E-state index in [1.54, 1.807) is 13.8 Å². The highest BCUT2D eigenvalue weighted by atomic mass is 16.6. The molecule has 1 aliphatic heterocycles. The monoisotopic (exact) mass is 284 g/mol. The predicted molar refractivity (Wildman–Crippen MR) is 69.7 cm³/mol. The molecule has 112 valence electrons. The number of carbonyl (C=O) groups is 3. The SMILES string of the molecule is C/C=C/C(=O)O[C@@H]1C[C@@H](C)OC(=O)CC[C@H](O)CC1=O. The average molecular weight is 284 g/mol. The molecule has 6 nitrogen and oxygen atoms in total. The summed E-state index contributed by atoms with van der Waals surface area (Å²) in [4.78, 5) is 34.9.